The first-order valence-corrected chi connectivity index (χ1v) is 35.1. The summed E-state index contributed by atoms with van der Waals surface area (Å²) in [6.45, 7) is 6.01. The van der Waals surface area contributed by atoms with E-state index in [1.807, 2.05) is 93.6 Å². The highest BCUT2D eigenvalue weighted by Crippen LogP contribution is 2.63. The molecule has 6 amide bonds. The first-order chi connectivity index (χ1) is 43.5. The molecule has 18 heteroatoms. The predicted molar refractivity (Wildman–Crippen MR) is 355 cm³/mol. The zero-order valence-corrected chi connectivity index (χ0v) is 55.7. The molecule has 7 aromatic carbocycles. The number of carbonyl (C=O) groups excluding carboxylic acids is 3. The van der Waals surface area contributed by atoms with Crippen molar-refractivity contribution in [3.8, 4) is 34.5 Å². The number of carbonyl (C=O) groups is 3. The van der Waals surface area contributed by atoms with Crippen molar-refractivity contribution in [3.05, 3.63) is 139 Å². The summed E-state index contributed by atoms with van der Waals surface area (Å²) in [6.07, 6.45) is 15.2. The Bertz CT molecular complexity index is 3500. The molecule has 6 aliphatic carbocycles. The lowest BCUT2D eigenvalue weighted by Gasteiger charge is -2.56. The number of rotatable bonds is 9. The van der Waals surface area contributed by atoms with Gasteiger partial charge in [-0.15, -0.1) is 0 Å². The molecule has 15 nitrogen and oxygen atoms in total. The Morgan fingerprint density at radius 1 is 0.356 bits per heavy atom. The molecule has 0 saturated heterocycles. The maximum atomic E-state index is 14.4. The van der Waals surface area contributed by atoms with Gasteiger partial charge in [-0.3, -0.25) is 0 Å². The second-order valence-corrected chi connectivity index (χ2v) is 30.2. The predicted octanol–water partition coefficient (Wildman–Crippen LogP) is 17.2. The molecule has 3 atom stereocenters. The molecule has 3 heterocycles. The SMILES string of the molecule is C[C@H](NC(=O)NC12CCCC(CCC1)C21Oc2cc3c4cc5c(cc4c4cc6c(cc4c3cc2O1)OC1(O6)C2CCCC1(NC(=O)N[C@@H](C)c1ccc(Br)cc1)CCC2)OC1(O5)C2CCCC1(NC(=O)N[C@@H](C)c1ccc(Br)cc1)CCC2)c1ccc(Br)cc1. The van der Waals surface area contributed by atoms with Crippen LogP contribution in [0, 0.1) is 17.8 Å². The van der Waals surface area contributed by atoms with E-state index in [1.165, 1.54) is 0 Å². The monoisotopic (exact) mass is 1400 g/mol. The van der Waals surface area contributed by atoms with Crippen LogP contribution in [0.1, 0.15) is 171 Å². The Morgan fingerprint density at radius 3 is 0.756 bits per heavy atom. The first kappa shape index (κ1) is 58.5. The standard InChI is InChI=1S/C72H75Br3N6O9/c1-40(43-16-22-49(73)23-17-43)76-64(82)79-67-28-4-10-46(11-5-29-67)70(67)85-58-34-52-53(35-59(58)86-70)55-37-61-63(90-72(88-61)48-14-8-32-69(72,33-9-15-48)81-66(84)78-42(3)45-20-26-51(75)27-21-45)39-57(55)56-38-62-60(36-54(52)56)87-71(89-62)47-12-6-30-68(71,31-7-13-47)80-65(83)77-41(2)44-18-24-50(74)25-19-44/h16-27,34-42,46-48H,4-15,28-33H2,1-3H3,(H2,76,79,82)(H2,77,80,83)(H2,78,81,84)/t40-,41-,42-,46?,47?,48?,67?,68?,69?,70?,71?,72?/m0/s1. The Morgan fingerprint density at radius 2 is 0.556 bits per heavy atom. The molecule has 3 aliphatic heterocycles. The lowest BCUT2D eigenvalue weighted by Crippen LogP contribution is -2.75. The van der Waals surface area contributed by atoms with Gasteiger partial charge in [-0.25, -0.2) is 14.4 Å². The normalized spacial score (nSPS) is 30.7. The second kappa shape index (κ2) is 21.7. The fourth-order valence-corrected chi connectivity index (χ4v) is 19.0. The molecule has 6 N–H and O–H groups in total. The Labute approximate surface area is 549 Å². The number of benzene rings is 7. The van der Waals surface area contributed by atoms with Crippen LogP contribution in [-0.2, 0) is 0 Å². The molecular weight excluding hydrogens is 1330 g/mol. The number of hydrogen-bond acceptors (Lipinski definition) is 9. The van der Waals surface area contributed by atoms with Crippen LogP contribution in [0.3, 0.4) is 0 Å². The number of halogens is 3. The van der Waals surface area contributed by atoms with Gasteiger partial charge in [-0.1, -0.05) is 123 Å². The summed E-state index contributed by atoms with van der Waals surface area (Å²) in [5.41, 5.74) is 0.539. The summed E-state index contributed by atoms with van der Waals surface area (Å²) in [5, 5.41) is 25.8. The molecule has 0 unspecified atom stereocenters. The van der Waals surface area contributed by atoms with Gasteiger partial charge in [0, 0.05) is 31.2 Å². The topological polar surface area (TPSA) is 179 Å². The molecule has 3 spiro atoms. The van der Waals surface area contributed by atoms with Crippen LogP contribution in [0.25, 0.3) is 32.3 Å². The summed E-state index contributed by atoms with van der Waals surface area (Å²) in [4.78, 5) is 43.2. The van der Waals surface area contributed by atoms with Crippen molar-refractivity contribution in [2.75, 3.05) is 0 Å². The Balaban J connectivity index is 0.799. The largest absolute Gasteiger partial charge is 0.446 e. The van der Waals surface area contributed by atoms with Gasteiger partial charge in [0.15, 0.2) is 34.5 Å². The number of ether oxygens (including phenoxy) is 6. The molecule has 6 saturated carbocycles. The molecular formula is C72H75Br3N6O9. The van der Waals surface area contributed by atoms with E-state index in [9.17, 15) is 14.4 Å². The van der Waals surface area contributed by atoms with E-state index in [0.29, 0.717) is 73.0 Å². The minimum atomic E-state index is -1.16. The fraction of sp³-hybridized carbons (Fsp3) is 0.458. The molecule has 90 heavy (non-hydrogen) atoms. The average Bonchev–Trinajstić information content (AvgIpc) is 1.50. The van der Waals surface area contributed by atoms with Crippen molar-refractivity contribution in [2.24, 2.45) is 17.8 Å². The molecule has 0 aromatic heterocycles. The summed E-state index contributed by atoms with van der Waals surface area (Å²) in [6, 6.07) is 35.4. The highest BCUT2D eigenvalue weighted by Gasteiger charge is 2.70. The summed E-state index contributed by atoms with van der Waals surface area (Å²) >= 11 is 10.7. The first-order valence-electron chi connectivity index (χ1n) is 32.7. The van der Waals surface area contributed by atoms with E-state index < -0.39 is 34.0 Å². The van der Waals surface area contributed by atoms with Crippen molar-refractivity contribution < 1.29 is 42.8 Å². The van der Waals surface area contributed by atoms with Crippen LogP contribution < -0.4 is 60.3 Å². The molecule has 7 aromatic rings. The third kappa shape index (κ3) is 9.17. The van der Waals surface area contributed by atoms with Gasteiger partial charge in [-0.2, -0.15) is 0 Å². The van der Waals surface area contributed by atoms with Crippen molar-refractivity contribution in [2.45, 2.75) is 188 Å². The van der Waals surface area contributed by atoms with E-state index in [2.05, 4.69) is 116 Å². The highest BCUT2D eigenvalue weighted by atomic mass is 79.9. The van der Waals surface area contributed by atoms with Crippen LogP contribution in [0.2, 0.25) is 0 Å². The van der Waals surface area contributed by atoms with Gasteiger partial charge < -0.3 is 60.3 Å². The minimum absolute atomic E-state index is 0.0205. The number of fused-ring (bicyclic) bond motifs is 9. The smallest absolute Gasteiger partial charge is 0.315 e. The van der Waals surface area contributed by atoms with E-state index in [4.69, 9.17) is 28.4 Å². The third-order valence-corrected chi connectivity index (χ3v) is 24.0. The Hall–Kier alpha value is -6.63. The highest BCUT2D eigenvalue weighted by molar-refractivity contribution is 9.11. The average molecular weight is 1410 g/mol. The number of urea groups is 3. The quantitative estimate of drug-likeness (QED) is 0.0768. The third-order valence-electron chi connectivity index (χ3n) is 22.5. The van der Waals surface area contributed by atoms with Crippen molar-refractivity contribution in [3.63, 3.8) is 0 Å². The number of amides is 6. The van der Waals surface area contributed by atoms with Crippen molar-refractivity contribution in [1.29, 1.82) is 0 Å². The van der Waals surface area contributed by atoms with Gasteiger partial charge in [-0.05, 0) is 220 Å². The summed E-state index contributed by atoms with van der Waals surface area (Å²) < 4.78 is 47.6. The van der Waals surface area contributed by atoms with Crippen LogP contribution in [-0.4, -0.2) is 52.1 Å². The van der Waals surface area contributed by atoms with E-state index in [1.54, 1.807) is 0 Å². The Kier molecular flexibility index (Phi) is 14.1. The molecule has 9 aliphatic rings. The van der Waals surface area contributed by atoms with Gasteiger partial charge in [0.2, 0.25) is 0 Å². The van der Waals surface area contributed by atoms with Crippen LogP contribution >= 0.6 is 47.8 Å². The van der Waals surface area contributed by atoms with Crippen molar-refractivity contribution >= 4 is 98.2 Å². The lowest BCUT2D eigenvalue weighted by molar-refractivity contribution is -0.222. The van der Waals surface area contributed by atoms with E-state index >= 15 is 0 Å². The van der Waals surface area contributed by atoms with E-state index in [0.717, 1.165) is 139 Å². The molecule has 6 fully saturated rings. The minimum Gasteiger partial charge on any atom is -0.446 e. The van der Waals surface area contributed by atoms with Crippen LogP contribution in [0.15, 0.2) is 123 Å². The van der Waals surface area contributed by atoms with Gasteiger partial charge in [0.1, 0.15) is 16.6 Å². The molecule has 468 valence electrons. The molecule has 16 rings (SSSR count). The molecule has 6 bridgehead atoms. The number of hydrogen-bond donors (Lipinski definition) is 6. The van der Waals surface area contributed by atoms with Crippen LogP contribution in [0.4, 0.5) is 14.4 Å². The maximum Gasteiger partial charge on any atom is 0.315 e. The van der Waals surface area contributed by atoms with Gasteiger partial charge in [0.25, 0.3) is 17.4 Å². The van der Waals surface area contributed by atoms with Crippen LogP contribution in [0.5, 0.6) is 34.5 Å². The zero-order valence-electron chi connectivity index (χ0n) is 50.9. The van der Waals surface area contributed by atoms with Gasteiger partial charge >= 0.3 is 18.1 Å². The molecule has 0 radical (unpaired) electrons. The summed E-state index contributed by atoms with van der Waals surface area (Å²) in [5.74, 6) is 0.275. The second-order valence-electron chi connectivity index (χ2n) is 27.5. The number of nitrogens with one attached hydrogen (secondary N) is 6. The fourth-order valence-electron chi connectivity index (χ4n) is 18.2. The van der Waals surface area contributed by atoms with Crippen molar-refractivity contribution in [1.82, 2.24) is 31.9 Å². The van der Waals surface area contributed by atoms with Gasteiger partial charge in [0.05, 0.1) is 18.1 Å². The maximum absolute atomic E-state index is 14.4. The van der Waals surface area contributed by atoms with E-state index in [-0.39, 0.29) is 54.0 Å². The zero-order chi connectivity index (χ0) is 61.5. The lowest BCUT2D eigenvalue weighted by atomic mass is 9.62. The summed E-state index contributed by atoms with van der Waals surface area (Å²) in [7, 11) is 0.